The maximum absolute atomic E-state index is 12.1. The molecular formula is C16H21Cl2N3O. The number of halogens is 2. The van der Waals surface area contributed by atoms with E-state index in [-0.39, 0.29) is 30.7 Å². The van der Waals surface area contributed by atoms with Gasteiger partial charge >= 0.3 is 0 Å². The Morgan fingerprint density at radius 2 is 2.18 bits per heavy atom. The van der Waals surface area contributed by atoms with Crippen molar-refractivity contribution >= 4 is 47.3 Å². The van der Waals surface area contributed by atoms with Crippen molar-refractivity contribution < 1.29 is 4.79 Å². The van der Waals surface area contributed by atoms with Crippen LogP contribution in [0.5, 0.6) is 0 Å². The Balaban J connectivity index is 0.00000121. The van der Waals surface area contributed by atoms with Gasteiger partial charge < -0.3 is 10.6 Å². The number of carbonyl (C=O) groups is 1. The number of anilines is 1. The fourth-order valence-electron chi connectivity index (χ4n) is 2.78. The van der Waals surface area contributed by atoms with Crippen LogP contribution in [0.2, 0.25) is 0 Å². The molecule has 0 saturated carbocycles. The zero-order valence-corrected chi connectivity index (χ0v) is 14.1. The zero-order valence-electron chi connectivity index (χ0n) is 12.5. The van der Waals surface area contributed by atoms with Gasteiger partial charge in [0, 0.05) is 24.0 Å². The minimum Gasteiger partial charge on any atom is -0.325 e. The highest BCUT2D eigenvalue weighted by Crippen LogP contribution is 2.24. The lowest BCUT2D eigenvalue weighted by Gasteiger charge is -2.12. The summed E-state index contributed by atoms with van der Waals surface area (Å²) in [5.41, 5.74) is 2.92. The second-order valence-electron chi connectivity index (χ2n) is 5.38. The number of nitrogens with one attached hydrogen (secondary N) is 2. The van der Waals surface area contributed by atoms with E-state index in [0.717, 1.165) is 41.5 Å². The molecule has 6 heteroatoms. The van der Waals surface area contributed by atoms with Gasteiger partial charge in [0.15, 0.2) is 0 Å². The minimum absolute atomic E-state index is 0. The summed E-state index contributed by atoms with van der Waals surface area (Å²) >= 11 is 0. The first-order valence-electron chi connectivity index (χ1n) is 7.11. The van der Waals surface area contributed by atoms with Gasteiger partial charge in [0.1, 0.15) is 0 Å². The summed E-state index contributed by atoms with van der Waals surface area (Å²) in [5.74, 6) is 0.0680. The normalized spacial score (nSPS) is 16.7. The number of aryl methyl sites for hydroxylation is 1. The van der Waals surface area contributed by atoms with Crippen molar-refractivity contribution in [1.82, 2.24) is 10.3 Å². The largest absolute Gasteiger partial charge is 0.325 e. The molecule has 1 aliphatic heterocycles. The number of hydrogen-bond acceptors (Lipinski definition) is 3. The number of aromatic nitrogens is 1. The summed E-state index contributed by atoms with van der Waals surface area (Å²) in [6.07, 6.45) is 4.57. The van der Waals surface area contributed by atoms with Crippen LogP contribution in [0.3, 0.4) is 0 Å². The van der Waals surface area contributed by atoms with E-state index in [4.69, 9.17) is 0 Å². The monoisotopic (exact) mass is 341 g/mol. The van der Waals surface area contributed by atoms with Crippen LogP contribution >= 0.6 is 24.8 Å². The Morgan fingerprint density at radius 3 is 2.91 bits per heavy atom. The lowest BCUT2D eigenvalue weighted by Crippen LogP contribution is -2.27. The molecule has 2 aromatic rings. The number of pyridine rings is 1. The summed E-state index contributed by atoms with van der Waals surface area (Å²) in [6.45, 7) is 3.05. The number of nitrogens with zero attached hydrogens (tertiary/aromatic N) is 1. The molecule has 1 aromatic heterocycles. The van der Waals surface area contributed by atoms with Crippen LogP contribution in [0.25, 0.3) is 10.9 Å². The smallest absolute Gasteiger partial charge is 0.225 e. The van der Waals surface area contributed by atoms with Crippen LogP contribution in [0, 0.1) is 6.92 Å². The van der Waals surface area contributed by atoms with Gasteiger partial charge in [-0.1, -0.05) is 6.07 Å². The third-order valence-electron chi connectivity index (χ3n) is 3.84. The maximum Gasteiger partial charge on any atom is 0.225 e. The number of fused-ring (bicyclic) bond motifs is 1. The number of rotatable bonds is 3. The molecule has 0 bridgehead atoms. The molecule has 1 saturated heterocycles. The quantitative estimate of drug-likeness (QED) is 0.898. The second kappa shape index (κ2) is 8.32. The van der Waals surface area contributed by atoms with E-state index in [9.17, 15) is 4.79 Å². The molecule has 22 heavy (non-hydrogen) atoms. The number of benzene rings is 1. The van der Waals surface area contributed by atoms with Crippen molar-refractivity contribution in [1.29, 1.82) is 0 Å². The van der Waals surface area contributed by atoms with Crippen LogP contribution < -0.4 is 10.6 Å². The molecule has 2 N–H and O–H groups in total. The van der Waals surface area contributed by atoms with Crippen molar-refractivity contribution in [3.63, 3.8) is 0 Å². The Labute approximate surface area is 142 Å². The summed E-state index contributed by atoms with van der Waals surface area (Å²) in [5, 5.41) is 7.37. The van der Waals surface area contributed by atoms with E-state index in [1.165, 1.54) is 0 Å². The lowest BCUT2D eigenvalue weighted by molar-refractivity contribution is -0.116. The van der Waals surface area contributed by atoms with E-state index in [1.807, 2.05) is 31.2 Å². The molecule has 3 rings (SSSR count). The van der Waals surface area contributed by atoms with E-state index in [0.29, 0.717) is 12.5 Å². The SMILES string of the molecule is Cc1ccc(NC(=O)CC2CCCN2)c2cccnc12.Cl.Cl. The van der Waals surface area contributed by atoms with Crippen molar-refractivity contribution in [3.8, 4) is 0 Å². The molecule has 120 valence electrons. The van der Waals surface area contributed by atoms with Gasteiger partial charge in [-0.25, -0.2) is 0 Å². The Bertz CT molecular complexity index is 642. The van der Waals surface area contributed by atoms with Gasteiger partial charge in [0.2, 0.25) is 5.91 Å². The predicted molar refractivity (Wildman–Crippen MR) is 95.2 cm³/mol. The lowest BCUT2D eigenvalue weighted by atomic mass is 10.1. The molecule has 1 atom stereocenters. The molecule has 0 radical (unpaired) electrons. The highest BCUT2D eigenvalue weighted by Gasteiger charge is 2.18. The third-order valence-corrected chi connectivity index (χ3v) is 3.84. The molecule has 4 nitrogen and oxygen atoms in total. The van der Waals surface area contributed by atoms with Crippen LogP contribution in [0.4, 0.5) is 5.69 Å². The van der Waals surface area contributed by atoms with E-state index in [1.54, 1.807) is 6.20 Å². The fraction of sp³-hybridized carbons (Fsp3) is 0.375. The highest BCUT2D eigenvalue weighted by atomic mass is 35.5. The average Bonchev–Trinajstić information content (AvgIpc) is 2.95. The van der Waals surface area contributed by atoms with Gasteiger partial charge in [-0.05, 0) is 50.1 Å². The first-order valence-corrected chi connectivity index (χ1v) is 7.11. The van der Waals surface area contributed by atoms with Crippen molar-refractivity contribution in [2.24, 2.45) is 0 Å². The molecule has 1 unspecified atom stereocenters. The third kappa shape index (κ3) is 4.09. The van der Waals surface area contributed by atoms with Crippen molar-refractivity contribution in [3.05, 3.63) is 36.0 Å². The highest BCUT2D eigenvalue weighted by molar-refractivity contribution is 6.01. The van der Waals surface area contributed by atoms with Crippen molar-refractivity contribution in [2.45, 2.75) is 32.2 Å². The summed E-state index contributed by atoms with van der Waals surface area (Å²) in [6, 6.07) is 8.18. The van der Waals surface area contributed by atoms with Crippen LogP contribution in [0.1, 0.15) is 24.8 Å². The van der Waals surface area contributed by atoms with E-state index in [2.05, 4.69) is 15.6 Å². The van der Waals surface area contributed by atoms with E-state index >= 15 is 0 Å². The Hall–Kier alpha value is -1.36. The van der Waals surface area contributed by atoms with Crippen LogP contribution in [-0.4, -0.2) is 23.5 Å². The zero-order chi connectivity index (χ0) is 13.9. The van der Waals surface area contributed by atoms with Gasteiger partial charge in [0.05, 0.1) is 11.2 Å². The maximum atomic E-state index is 12.1. The fourth-order valence-corrected chi connectivity index (χ4v) is 2.78. The van der Waals surface area contributed by atoms with Gasteiger partial charge in [-0.3, -0.25) is 9.78 Å². The van der Waals surface area contributed by atoms with Crippen LogP contribution in [0.15, 0.2) is 30.5 Å². The molecule has 0 spiro atoms. The first-order chi connectivity index (χ1) is 9.74. The van der Waals surface area contributed by atoms with Crippen LogP contribution in [-0.2, 0) is 4.79 Å². The Kier molecular flexibility index (Phi) is 7.07. The molecule has 1 aromatic carbocycles. The summed E-state index contributed by atoms with van der Waals surface area (Å²) in [7, 11) is 0. The van der Waals surface area contributed by atoms with E-state index < -0.39 is 0 Å². The number of carbonyl (C=O) groups excluding carboxylic acids is 1. The Morgan fingerprint density at radius 1 is 1.36 bits per heavy atom. The average molecular weight is 342 g/mol. The molecular weight excluding hydrogens is 321 g/mol. The number of hydrogen-bond donors (Lipinski definition) is 2. The van der Waals surface area contributed by atoms with Gasteiger partial charge in [-0.15, -0.1) is 24.8 Å². The molecule has 2 heterocycles. The molecule has 1 aliphatic rings. The molecule has 1 amide bonds. The predicted octanol–water partition coefficient (Wildman–Crippen LogP) is 3.47. The summed E-state index contributed by atoms with van der Waals surface area (Å²) in [4.78, 5) is 16.5. The summed E-state index contributed by atoms with van der Waals surface area (Å²) < 4.78 is 0. The molecule has 0 aliphatic carbocycles. The molecule has 1 fully saturated rings. The van der Waals surface area contributed by atoms with Gasteiger partial charge in [0.25, 0.3) is 0 Å². The first kappa shape index (κ1) is 18.7. The topological polar surface area (TPSA) is 54.0 Å². The van der Waals surface area contributed by atoms with Crippen molar-refractivity contribution in [2.75, 3.05) is 11.9 Å². The van der Waals surface area contributed by atoms with Gasteiger partial charge in [-0.2, -0.15) is 0 Å². The number of amides is 1. The standard InChI is InChI=1S/C16H19N3O.2ClH/c1-11-6-7-14(13-5-3-9-18-16(11)13)19-15(20)10-12-4-2-8-17-12;;/h3,5-7,9,12,17H,2,4,8,10H2,1H3,(H,19,20);2*1H. The second-order valence-corrected chi connectivity index (χ2v) is 5.38. The minimum atomic E-state index is 0.